The Bertz CT molecular complexity index is 1390. The molecular weight excluding hydrogens is 535 g/mol. The number of aliphatic hydroxyl groups is 1. The summed E-state index contributed by atoms with van der Waals surface area (Å²) in [6.07, 6.45) is 1.72. The summed E-state index contributed by atoms with van der Waals surface area (Å²) in [5.74, 6) is -5.97. The van der Waals surface area contributed by atoms with E-state index in [-0.39, 0.29) is 45.7 Å². The van der Waals surface area contributed by atoms with Crippen molar-refractivity contribution in [3.63, 3.8) is 0 Å². The Labute approximate surface area is 215 Å². The van der Waals surface area contributed by atoms with Gasteiger partial charge in [0.2, 0.25) is 0 Å². The maximum Gasteiger partial charge on any atom is 0.255 e. The molecule has 0 radical (unpaired) electrons. The number of rotatable bonds is 8. The number of hydrogen-bond donors (Lipinski definition) is 2. The van der Waals surface area contributed by atoms with E-state index in [4.69, 9.17) is 21.1 Å². The van der Waals surface area contributed by atoms with Gasteiger partial charge in [0.15, 0.2) is 27.3 Å². The molecule has 4 aliphatic rings. The van der Waals surface area contributed by atoms with Crippen molar-refractivity contribution >= 4 is 33.0 Å². The normalized spacial score (nSPS) is 33.3. The first-order valence-electron chi connectivity index (χ1n) is 11.9. The van der Waals surface area contributed by atoms with Gasteiger partial charge in [-0.1, -0.05) is 11.6 Å². The molecule has 6 rings (SSSR count). The van der Waals surface area contributed by atoms with E-state index in [0.29, 0.717) is 38.2 Å². The van der Waals surface area contributed by atoms with Crippen molar-refractivity contribution in [3.8, 4) is 0 Å². The predicted molar refractivity (Wildman–Crippen MR) is 125 cm³/mol. The molecule has 4 fully saturated rings. The number of carbonyl (C=O) groups excluding carboxylic acids is 1. The van der Waals surface area contributed by atoms with Crippen LogP contribution in [0.1, 0.15) is 29.6 Å². The van der Waals surface area contributed by atoms with Crippen molar-refractivity contribution in [2.24, 2.45) is 17.3 Å². The second-order valence-electron chi connectivity index (χ2n) is 10.4. The minimum Gasteiger partial charge on any atom is -0.387 e. The smallest absolute Gasteiger partial charge is 0.255 e. The Morgan fingerprint density at radius 3 is 2.49 bits per heavy atom. The molecule has 198 valence electrons. The summed E-state index contributed by atoms with van der Waals surface area (Å²) in [7, 11) is -3.98. The first kappa shape index (κ1) is 25.1. The van der Waals surface area contributed by atoms with Gasteiger partial charge in [0, 0.05) is 28.8 Å². The Kier molecular flexibility index (Phi) is 5.71. The topological polar surface area (TPSA) is 105 Å². The maximum absolute atomic E-state index is 13.7. The van der Waals surface area contributed by atoms with Gasteiger partial charge in [0.25, 0.3) is 5.91 Å². The van der Waals surface area contributed by atoms with Gasteiger partial charge in [0.05, 0.1) is 40.6 Å². The van der Waals surface area contributed by atoms with Crippen LogP contribution in [0, 0.1) is 34.7 Å². The maximum atomic E-state index is 13.7. The van der Waals surface area contributed by atoms with Crippen LogP contribution in [0.2, 0.25) is 5.02 Å². The molecule has 0 aromatic heterocycles. The molecule has 7 nitrogen and oxygen atoms in total. The van der Waals surface area contributed by atoms with Crippen molar-refractivity contribution in [1.82, 2.24) is 0 Å². The molecule has 4 unspecified atom stereocenters. The number of carbonyl (C=O) groups is 1. The molecule has 1 spiro atoms. The van der Waals surface area contributed by atoms with Crippen LogP contribution < -0.4 is 5.32 Å². The fourth-order valence-corrected chi connectivity index (χ4v) is 9.58. The van der Waals surface area contributed by atoms with Crippen LogP contribution in [-0.4, -0.2) is 56.2 Å². The van der Waals surface area contributed by atoms with E-state index in [9.17, 15) is 31.5 Å². The highest BCUT2D eigenvalue weighted by atomic mass is 35.5. The number of amides is 1. The van der Waals surface area contributed by atoms with Crippen molar-refractivity contribution in [3.05, 3.63) is 58.4 Å². The van der Waals surface area contributed by atoms with E-state index < -0.39 is 49.5 Å². The standard InChI is InChI=1S/C25H23ClF3NO6S/c26-17-2-1-12(23(31)30-13-6-18(27)21(29)19(28)7-13)5-20(17)37(33,34)22-15-3-4-25(15)16(22)8-24(25,32)11-35-9-14-10-36-14/h1-2,5-7,14-16,22,32H,3-4,8-11H2,(H,30,31)/t14?,15?,16?,22-,24-,25?/m0/s1. The minimum atomic E-state index is -3.98. The third-order valence-corrected chi connectivity index (χ3v) is 11.3. The number of sulfone groups is 1. The number of nitrogens with one attached hydrogen (secondary N) is 1. The third kappa shape index (κ3) is 3.65. The summed E-state index contributed by atoms with van der Waals surface area (Å²) in [4.78, 5) is 12.5. The molecule has 1 heterocycles. The molecule has 2 N–H and O–H groups in total. The quantitative estimate of drug-likeness (QED) is 0.379. The van der Waals surface area contributed by atoms with Gasteiger partial charge in [-0.2, -0.15) is 0 Å². The molecule has 3 saturated carbocycles. The fraction of sp³-hybridized carbons (Fsp3) is 0.480. The summed E-state index contributed by atoms with van der Waals surface area (Å²) < 4.78 is 78.4. The molecule has 1 saturated heterocycles. The summed E-state index contributed by atoms with van der Waals surface area (Å²) in [5.41, 5.74) is -2.00. The van der Waals surface area contributed by atoms with E-state index in [1.165, 1.54) is 12.1 Å². The van der Waals surface area contributed by atoms with E-state index >= 15 is 0 Å². The lowest BCUT2D eigenvalue weighted by Gasteiger charge is -2.80. The van der Waals surface area contributed by atoms with Gasteiger partial charge >= 0.3 is 0 Å². The molecule has 6 atom stereocenters. The van der Waals surface area contributed by atoms with E-state index in [0.717, 1.165) is 12.5 Å². The average Bonchev–Trinajstić information content (AvgIpc) is 3.63. The van der Waals surface area contributed by atoms with Gasteiger partial charge in [-0.15, -0.1) is 0 Å². The van der Waals surface area contributed by atoms with E-state index in [1.807, 2.05) is 0 Å². The van der Waals surface area contributed by atoms with Crippen LogP contribution in [-0.2, 0) is 19.3 Å². The SMILES string of the molecule is O=C(Nc1cc(F)c(F)c(F)c1)c1ccc(Cl)c(S(=O)(=O)[C@H]2C3CCC34C2C[C@]4(O)COCC2CO2)c1. The summed E-state index contributed by atoms with van der Waals surface area (Å²) in [5, 5.41) is 12.7. The number of hydrogen-bond acceptors (Lipinski definition) is 6. The van der Waals surface area contributed by atoms with Crippen LogP contribution in [0.4, 0.5) is 18.9 Å². The van der Waals surface area contributed by atoms with Crippen molar-refractivity contribution in [2.75, 3.05) is 25.1 Å². The molecule has 2 aromatic rings. The van der Waals surface area contributed by atoms with Gasteiger partial charge in [0.1, 0.15) is 6.10 Å². The predicted octanol–water partition coefficient (Wildman–Crippen LogP) is 3.73. The van der Waals surface area contributed by atoms with Gasteiger partial charge in [-0.3, -0.25) is 4.79 Å². The van der Waals surface area contributed by atoms with Gasteiger partial charge in [-0.05, 0) is 49.3 Å². The van der Waals surface area contributed by atoms with E-state index in [2.05, 4.69) is 5.32 Å². The second kappa shape index (κ2) is 8.41. The van der Waals surface area contributed by atoms with Crippen LogP contribution in [0.25, 0.3) is 0 Å². The zero-order valence-electron chi connectivity index (χ0n) is 19.3. The van der Waals surface area contributed by atoms with Crippen molar-refractivity contribution < 1.29 is 41.0 Å². The zero-order chi connectivity index (χ0) is 26.3. The highest BCUT2D eigenvalue weighted by molar-refractivity contribution is 7.92. The van der Waals surface area contributed by atoms with Crippen LogP contribution in [0.3, 0.4) is 0 Å². The Hall–Kier alpha value is -2.18. The van der Waals surface area contributed by atoms with Gasteiger partial charge in [-0.25, -0.2) is 21.6 Å². The van der Waals surface area contributed by atoms with Crippen LogP contribution in [0.15, 0.2) is 35.2 Å². The van der Waals surface area contributed by atoms with Crippen molar-refractivity contribution in [1.29, 1.82) is 0 Å². The number of anilines is 1. The summed E-state index contributed by atoms with van der Waals surface area (Å²) >= 11 is 6.26. The lowest BCUT2D eigenvalue weighted by molar-refractivity contribution is -0.353. The monoisotopic (exact) mass is 557 g/mol. The van der Waals surface area contributed by atoms with Gasteiger partial charge < -0.3 is 19.9 Å². The number of epoxide rings is 1. The lowest BCUT2D eigenvalue weighted by atomic mass is 9.28. The largest absolute Gasteiger partial charge is 0.387 e. The zero-order valence-corrected chi connectivity index (χ0v) is 20.9. The minimum absolute atomic E-state index is 0.0606. The number of benzene rings is 2. The summed E-state index contributed by atoms with van der Waals surface area (Å²) in [6, 6.07) is 4.92. The molecule has 1 aliphatic heterocycles. The van der Waals surface area contributed by atoms with Crippen LogP contribution in [0.5, 0.6) is 0 Å². The molecule has 3 aliphatic carbocycles. The Morgan fingerprint density at radius 2 is 1.89 bits per heavy atom. The first-order valence-corrected chi connectivity index (χ1v) is 13.8. The summed E-state index contributed by atoms with van der Waals surface area (Å²) in [6.45, 7) is 1.18. The number of halogens is 4. The van der Waals surface area contributed by atoms with Crippen LogP contribution >= 0.6 is 11.6 Å². The average molecular weight is 558 g/mol. The van der Waals surface area contributed by atoms with Crippen molar-refractivity contribution in [2.45, 2.75) is 41.1 Å². The molecule has 0 bridgehead atoms. The van der Waals surface area contributed by atoms with E-state index in [1.54, 1.807) is 0 Å². The molecule has 37 heavy (non-hydrogen) atoms. The highest BCUT2D eigenvalue weighted by Gasteiger charge is 2.83. The molecule has 1 amide bonds. The molecular formula is C25H23ClF3NO6S. The Morgan fingerprint density at radius 1 is 1.19 bits per heavy atom. The molecule has 12 heteroatoms. The third-order valence-electron chi connectivity index (χ3n) is 8.56. The number of ether oxygens (including phenoxy) is 2. The highest BCUT2D eigenvalue weighted by Crippen LogP contribution is 2.80. The Balaban J connectivity index is 1.21. The fourth-order valence-electron chi connectivity index (χ4n) is 6.63. The first-order chi connectivity index (χ1) is 17.5. The second-order valence-corrected chi connectivity index (χ2v) is 12.8. The molecule has 2 aromatic carbocycles. The lowest BCUT2D eigenvalue weighted by Crippen LogP contribution is -2.85.